The highest BCUT2D eigenvalue weighted by molar-refractivity contribution is 6.35. The minimum atomic E-state index is -0.923. The van der Waals surface area contributed by atoms with Crippen molar-refractivity contribution in [1.82, 2.24) is 0 Å². The minimum absolute atomic E-state index is 0.0477. The molecule has 0 aliphatic rings. The summed E-state index contributed by atoms with van der Waals surface area (Å²) < 4.78 is 5.88. The summed E-state index contributed by atoms with van der Waals surface area (Å²) in [6.45, 7) is 4.07. The van der Waals surface area contributed by atoms with Gasteiger partial charge in [-0.1, -0.05) is 69.0 Å². The van der Waals surface area contributed by atoms with Crippen molar-refractivity contribution < 1.29 is 14.6 Å². The number of hydrogen-bond acceptors (Lipinski definition) is 2. The van der Waals surface area contributed by atoms with Gasteiger partial charge in [0.2, 0.25) is 0 Å². The number of rotatable bonds is 8. The first kappa shape index (κ1) is 17.6. The number of benzene rings is 2. The fourth-order valence-corrected chi connectivity index (χ4v) is 2.98. The summed E-state index contributed by atoms with van der Waals surface area (Å²) in [7, 11) is 0. The van der Waals surface area contributed by atoms with Crippen molar-refractivity contribution >= 4 is 28.3 Å². The van der Waals surface area contributed by atoms with Crippen LogP contribution >= 0.6 is 11.6 Å². The van der Waals surface area contributed by atoms with Crippen molar-refractivity contribution in [2.75, 3.05) is 0 Å². The van der Waals surface area contributed by atoms with E-state index in [1.807, 2.05) is 31.2 Å². The molecule has 4 heteroatoms. The lowest BCUT2D eigenvalue weighted by molar-refractivity contribution is -0.147. The predicted molar refractivity (Wildman–Crippen MR) is 94.3 cm³/mol. The predicted octanol–water partition coefficient (Wildman–Crippen LogP) is 5.54. The molecule has 0 spiro atoms. The Balaban J connectivity index is 2.24. The van der Waals surface area contributed by atoms with Gasteiger partial charge < -0.3 is 9.84 Å². The van der Waals surface area contributed by atoms with Crippen molar-refractivity contribution in [1.29, 1.82) is 0 Å². The normalized spacial score (nSPS) is 13.7. The van der Waals surface area contributed by atoms with Crippen LogP contribution in [0.15, 0.2) is 36.4 Å². The third kappa shape index (κ3) is 4.38. The third-order valence-electron chi connectivity index (χ3n) is 4.11. The zero-order valence-electron chi connectivity index (χ0n) is 13.6. The molecule has 0 radical (unpaired) electrons. The van der Waals surface area contributed by atoms with Crippen molar-refractivity contribution in [3.63, 3.8) is 0 Å². The second kappa shape index (κ2) is 8.21. The highest BCUT2D eigenvalue weighted by Crippen LogP contribution is 2.33. The van der Waals surface area contributed by atoms with Gasteiger partial charge in [0, 0.05) is 21.7 Å². The lowest BCUT2D eigenvalue weighted by atomic mass is 9.97. The van der Waals surface area contributed by atoms with Crippen LogP contribution in [-0.2, 0) is 4.79 Å². The number of unbranched alkanes of at least 4 members (excludes halogenated alkanes) is 2. The number of ether oxygens (including phenoxy) is 1. The zero-order chi connectivity index (χ0) is 16.8. The largest absolute Gasteiger partial charge is 0.478 e. The van der Waals surface area contributed by atoms with E-state index >= 15 is 0 Å². The maximum Gasteiger partial charge on any atom is 0.345 e. The molecule has 2 unspecified atom stereocenters. The molecule has 0 heterocycles. The van der Waals surface area contributed by atoms with E-state index in [0.29, 0.717) is 10.8 Å². The van der Waals surface area contributed by atoms with Gasteiger partial charge in [-0.05, 0) is 18.6 Å². The first-order valence-corrected chi connectivity index (χ1v) is 8.49. The molecule has 2 rings (SSSR count). The van der Waals surface area contributed by atoms with Crippen molar-refractivity contribution in [3.8, 4) is 5.75 Å². The molecule has 0 bridgehead atoms. The van der Waals surface area contributed by atoms with E-state index < -0.39 is 12.1 Å². The van der Waals surface area contributed by atoms with E-state index in [9.17, 15) is 9.90 Å². The third-order valence-corrected chi connectivity index (χ3v) is 4.44. The zero-order valence-corrected chi connectivity index (χ0v) is 14.3. The van der Waals surface area contributed by atoms with Crippen LogP contribution < -0.4 is 4.74 Å². The molecule has 2 aromatic carbocycles. The first-order valence-electron chi connectivity index (χ1n) is 8.11. The van der Waals surface area contributed by atoms with Crippen LogP contribution in [0.1, 0.15) is 39.5 Å². The average Bonchev–Trinajstić information content (AvgIpc) is 2.54. The molecule has 0 saturated carbocycles. The molecular weight excluding hydrogens is 312 g/mol. The highest BCUT2D eigenvalue weighted by atomic mass is 35.5. The average molecular weight is 335 g/mol. The van der Waals surface area contributed by atoms with Gasteiger partial charge in [0.25, 0.3) is 0 Å². The smallest absolute Gasteiger partial charge is 0.345 e. The van der Waals surface area contributed by atoms with Gasteiger partial charge in [0.1, 0.15) is 5.75 Å². The second-order valence-electron chi connectivity index (χ2n) is 5.94. The van der Waals surface area contributed by atoms with Gasteiger partial charge in [-0.3, -0.25) is 0 Å². The van der Waals surface area contributed by atoms with Crippen LogP contribution in [0.3, 0.4) is 0 Å². The summed E-state index contributed by atoms with van der Waals surface area (Å²) in [5, 5.41) is 11.9. The highest BCUT2D eigenvalue weighted by Gasteiger charge is 2.27. The number of halogens is 1. The molecule has 1 N–H and O–H groups in total. The lowest BCUT2D eigenvalue weighted by Gasteiger charge is -2.22. The lowest BCUT2D eigenvalue weighted by Crippen LogP contribution is -2.33. The number of fused-ring (bicyclic) bond motifs is 1. The van der Waals surface area contributed by atoms with Gasteiger partial charge in [0.15, 0.2) is 6.10 Å². The Kier molecular flexibility index (Phi) is 6.28. The molecule has 2 atom stereocenters. The molecule has 124 valence electrons. The molecule has 0 fully saturated rings. The Morgan fingerprint density at radius 2 is 1.87 bits per heavy atom. The van der Waals surface area contributed by atoms with E-state index in [1.54, 1.807) is 12.1 Å². The Labute approximate surface area is 142 Å². The summed E-state index contributed by atoms with van der Waals surface area (Å²) in [5.41, 5.74) is 0. The monoisotopic (exact) mass is 334 g/mol. The summed E-state index contributed by atoms with van der Waals surface area (Å²) in [5.74, 6) is -0.402. The van der Waals surface area contributed by atoms with E-state index in [4.69, 9.17) is 16.3 Å². The molecule has 0 aliphatic carbocycles. The van der Waals surface area contributed by atoms with E-state index in [-0.39, 0.29) is 5.92 Å². The number of carboxylic acids is 1. The van der Waals surface area contributed by atoms with Gasteiger partial charge >= 0.3 is 5.97 Å². The van der Waals surface area contributed by atoms with Gasteiger partial charge in [-0.25, -0.2) is 4.79 Å². The van der Waals surface area contributed by atoms with Crippen molar-refractivity contribution in [2.45, 2.75) is 45.6 Å². The summed E-state index contributed by atoms with van der Waals surface area (Å²) in [4.78, 5) is 11.6. The summed E-state index contributed by atoms with van der Waals surface area (Å²) >= 11 is 6.20. The SMILES string of the molecule is CCCCCC(C)C(Oc1ccc(Cl)c2ccccc12)C(=O)O. The van der Waals surface area contributed by atoms with Crippen LogP contribution in [0.25, 0.3) is 10.8 Å². The van der Waals surface area contributed by atoms with Gasteiger partial charge in [0.05, 0.1) is 0 Å². The summed E-state index contributed by atoms with van der Waals surface area (Å²) in [6.07, 6.45) is 3.24. The van der Waals surface area contributed by atoms with Crippen LogP contribution in [-0.4, -0.2) is 17.2 Å². The molecule has 0 aromatic heterocycles. The fourth-order valence-electron chi connectivity index (χ4n) is 2.75. The number of carbonyl (C=O) groups is 1. The van der Waals surface area contributed by atoms with E-state index in [0.717, 1.165) is 36.5 Å². The van der Waals surface area contributed by atoms with Gasteiger partial charge in [-0.15, -0.1) is 0 Å². The van der Waals surface area contributed by atoms with Crippen molar-refractivity contribution in [2.24, 2.45) is 5.92 Å². The number of hydrogen-bond donors (Lipinski definition) is 1. The fraction of sp³-hybridized carbons (Fsp3) is 0.421. The van der Waals surface area contributed by atoms with Gasteiger partial charge in [-0.2, -0.15) is 0 Å². The van der Waals surface area contributed by atoms with Crippen LogP contribution in [0, 0.1) is 5.92 Å². The Morgan fingerprint density at radius 3 is 2.52 bits per heavy atom. The minimum Gasteiger partial charge on any atom is -0.478 e. The van der Waals surface area contributed by atoms with Crippen LogP contribution in [0.5, 0.6) is 5.75 Å². The molecule has 2 aromatic rings. The van der Waals surface area contributed by atoms with E-state index in [2.05, 4.69) is 6.92 Å². The molecule has 0 aliphatic heterocycles. The molecule has 0 amide bonds. The molecule has 3 nitrogen and oxygen atoms in total. The Morgan fingerprint density at radius 1 is 1.17 bits per heavy atom. The topological polar surface area (TPSA) is 46.5 Å². The molecular formula is C19H23ClO3. The van der Waals surface area contributed by atoms with Crippen LogP contribution in [0.4, 0.5) is 0 Å². The first-order chi connectivity index (χ1) is 11.0. The maximum atomic E-state index is 11.6. The second-order valence-corrected chi connectivity index (χ2v) is 6.35. The maximum absolute atomic E-state index is 11.6. The van der Waals surface area contributed by atoms with E-state index in [1.165, 1.54) is 0 Å². The van der Waals surface area contributed by atoms with Crippen LogP contribution in [0.2, 0.25) is 5.02 Å². The van der Waals surface area contributed by atoms with Crippen molar-refractivity contribution in [3.05, 3.63) is 41.4 Å². The Bertz CT molecular complexity index is 669. The number of aliphatic carboxylic acids is 1. The Hall–Kier alpha value is -1.74. The molecule has 23 heavy (non-hydrogen) atoms. The summed E-state index contributed by atoms with van der Waals surface area (Å²) in [6, 6.07) is 11.1. The quantitative estimate of drug-likeness (QED) is 0.644. The standard InChI is InChI=1S/C19H23ClO3/c1-3-4-5-8-13(2)18(19(21)22)23-17-12-11-16(20)14-9-6-7-10-15(14)17/h6-7,9-13,18H,3-5,8H2,1-2H3,(H,21,22). The number of carboxylic acid groups (broad SMARTS) is 1. The molecule has 0 saturated heterocycles.